The summed E-state index contributed by atoms with van der Waals surface area (Å²) in [5.41, 5.74) is 4.11. The number of thiazole rings is 1. The fraction of sp³-hybridized carbons (Fsp3) is 0.0476. The van der Waals surface area contributed by atoms with Crippen molar-refractivity contribution in [3.05, 3.63) is 83.5 Å². The molecule has 0 aliphatic carbocycles. The summed E-state index contributed by atoms with van der Waals surface area (Å²) >= 11 is 1.48. The number of anilines is 1. The van der Waals surface area contributed by atoms with E-state index >= 15 is 0 Å². The SMILES string of the molecule is Cc1c(C(=O)Nc2nc3scc(-c4ccccc4)n3n2)cnn1-c1ccccc1. The second kappa shape index (κ2) is 6.99. The maximum atomic E-state index is 12.8. The van der Waals surface area contributed by atoms with Gasteiger partial charge in [0.1, 0.15) is 0 Å². The molecule has 0 bridgehead atoms. The highest BCUT2D eigenvalue weighted by Gasteiger charge is 2.18. The van der Waals surface area contributed by atoms with Gasteiger partial charge in [0, 0.05) is 10.9 Å². The van der Waals surface area contributed by atoms with Crippen LogP contribution in [-0.2, 0) is 0 Å². The molecular weight excluding hydrogens is 384 g/mol. The number of fused-ring (bicyclic) bond motifs is 1. The van der Waals surface area contributed by atoms with Crippen molar-refractivity contribution in [3.8, 4) is 16.9 Å². The Labute approximate surface area is 170 Å². The molecule has 0 radical (unpaired) electrons. The first-order chi connectivity index (χ1) is 14.2. The summed E-state index contributed by atoms with van der Waals surface area (Å²) in [6.45, 7) is 1.86. The molecule has 0 unspecified atom stereocenters. The topological polar surface area (TPSA) is 77.1 Å². The molecule has 3 aromatic heterocycles. The largest absolute Gasteiger partial charge is 0.289 e. The van der Waals surface area contributed by atoms with Crippen molar-refractivity contribution in [2.45, 2.75) is 6.92 Å². The van der Waals surface area contributed by atoms with E-state index < -0.39 is 0 Å². The minimum Gasteiger partial charge on any atom is -0.289 e. The number of nitrogens with one attached hydrogen (secondary N) is 1. The van der Waals surface area contributed by atoms with Crippen LogP contribution < -0.4 is 5.32 Å². The highest BCUT2D eigenvalue weighted by Crippen LogP contribution is 2.25. The molecule has 8 heteroatoms. The van der Waals surface area contributed by atoms with E-state index in [2.05, 4.69) is 20.5 Å². The van der Waals surface area contributed by atoms with Crippen LogP contribution in [0, 0.1) is 6.92 Å². The van der Waals surface area contributed by atoms with Crippen molar-refractivity contribution in [1.29, 1.82) is 0 Å². The number of amides is 1. The average Bonchev–Trinajstić information content (AvgIpc) is 3.43. The lowest BCUT2D eigenvalue weighted by atomic mass is 10.2. The third-order valence-electron chi connectivity index (χ3n) is 4.63. The van der Waals surface area contributed by atoms with Crippen LogP contribution in [0.4, 0.5) is 5.95 Å². The van der Waals surface area contributed by atoms with E-state index in [4.69, 9.17) is 0 Å². The standard InChI is InChI=1S/C21H16N6OS/c1-14-17(12-22-26(14)16-10-6-3-7-11-16)19(28)23-20-24-21-27(25-20)18(13-29-21)15-8-4-2-5-9-15/h2-13H,1H3,(H,23,25,28). The Morgan fingerprint density at radius 2 is 1.76 bits per heavy atom. The van der Waals surface area contributed by atoms with Gasteiger partial charge in [0.15, 0.2) is 0 Å². The molecular formula is C21H16N6OS. The lowest BCUT2D eigenvalue weighted by Crippen LogP contribution is -2.14. The molecule has 29 heavy (non-hydrogen) atoms. The quantitative estimate of drug-likeness (QED) is 0.490. The molecule has 5 rings (SSSR count). The highest BCUT2D eigenvalue weighted by atomic mass is 32.1. The summed E-state index contributed by atoms with van der Waals surface area (Å²) in [7, 11) is 0. The molecule has 142 valence electrons. The number of nitrogens with zero attached hydrogens (tertiary/aromatic N) is 5. The number of rotatable bonds is 4. The van der Waals surface area contributed by atoms with Gasteiger partial charge >= 0.3 is 0 Å². The molecule has 1 amide bonds. The number of para-hydroxylation sites is 1. The lowest BCUT2D eigenvalue weighted by molar-refractivity contribution is 0.102. The van der Waals surface area contributed by atoms with Crippen LogP contribution in [0.3, 0.4) is 0 Å². The van der Waals surface area contributed by atoms with Gasteiger partial charge in [0.2, 0.25) is 4.96 Å². The number of hydrogen-bond donors (Lipinski definition) is 1. The Morgan fingerprint density at radius 3 is 2.52 bits per heavy atom. The third kappa shape index (κ3) is 3.09. The normalized spacial score (nSPS) is 11.1. The Morgan fingerprint density at radius 1 is 1.03 bits per heavy atom. The van der Waals surface area contributed by atoms with Crippen molar-refractivity contribution < 1.29 is 4.79 Å². The van der Waals surface area contributed by atoms with Gasteiger partial charge in [-0.3, -0.25) is 10.1 Å². The number of aromatic nitrogens is 5. The van der Waals surface area contributed by atoms with Gasteiger partial charge in [-0.05, 0) is 19.1 Å². The second-order valence-electron chi connectivity index (χ2n) is 6.46. The predicted molar refractivity (Wildman–Crippen MR) is 113 cm³/mol. The molecule has 0 atom stereocenters. The number of carbonyl (C=O) groups excluding carboxylic acids is 1. The van der Waals surface area contributed by atoms with Crippen molar-refractivity contribution in [1.82, 2.24) is 24.4 Å². The summed E-state index contributed by atoms with van der Waals surface area (Å²) in [5, 5.41) is 13.6. The molecule has 3 heterocycles. The van der Waals surface area contributed by atoms with Crippen LogP contribution in [-0.4, -0.2) is 30.3 Å². The molecule has 0 saturated carbocycles. The number of hydrogen-bond acceptors (Lipinski definition) is 5. The third-order valence-corrected chi connectivity index (χ3v) is 5.45. The molecule has 0 aliphatic heterocycles. The molecule has 0 saturated heterocycles. The van der Waals surface area contributed by atoms with Gasteiger partial charge < -0.3 is 0 Å². The minimum absolute atomic E-state index is 0.269. The van der Waals surface area contributed by atoms with Crippen LogP contribution in [0.2, 0.25) is 0 Å². The minimum atomic E-state index is -0.288. The van der Waals surface area contributed by atoms with E-state index in [1.165, 1.54) is 11.3 Å². The lowest BCUT2D eigenvalue weighted by Gasteiger charge is -2.05. The van der Waals surface area contributed by atoms with E-state index in [1.807, 2.05) is 73.0 Å². The molecule has 2 aromatic carbocycles. The Bertz CT molecular complexity index is 1300. The van der Waals surface area contributed by atoms with Gasteiger partial charge in [-0.25, -0.2) is 9.20 Å². The first-order valence-electron chi connectivity index (χ1n) is 9.02. The first kappa shape index (κ1) is 17.3. The average molecular weight is 400 g/mol. The zero-order valence-corrected chi connectivity index (χ0v) is 16.3. The predicted octanol–water partition coefficient (Wildman–Crippen LogP) is 4.20. The van der Waals surface area contributed by atoms with Gasteiger partial charge in [0.25, 0.3) is 11.9 Å². The van der Waals surface area contributed by atoms with E-state index in [9.17, 15) is 4.79 Å². The first-order valence-corrected chi connectivity index (χ1v) is 9.90. The van der Waals surface area contributed by atoms with E-state index in [0.717, 1.165) is 27.6 Å². The van der Waals surface area contributed by atoms with Gasteiger partial charge in [-0.2, -0.15) is 10.1 Å². The Kier molecular flexibility index (Phi) is 4.18. The van der Waals surface area contributed by atoms with Gasteiger partial charge in [0.05, 0.1) is 28.8 Å². The molecule has 7 nitrogen and oxygen atoms in total. The van der Waals surface area contributed by atoms with Crippen LogP contribution in [0.25, 0.3) is 21.9 Å². The van der Waals surface area contributed by atoms with Crippen LogP contribution in [0.15, 0.2) is 72.2 Å². The van der Waals surface area contributed by atoms with E-state index in [-0.39, 0.29) is 11.9 Å². The fourth-order valence-corrected chi connectivity index (χ4v) is 4.00. The maximum Gasteiger partial charge on any atom is 0.261 e. The Hall–Kier alpha value is -3.78. The summed E-state index contributed by atoms with van der Waals surface area (Å²) in [6.07, 6.45) is 1.56. The summed E-state index contributed by atoms with van der Waals surface area (Å²) in [5.74, 6) is -0.0184. The van der Waals surface area contributed by atoms with Crippen LogP contribution in [0.1, 0.15) is 16.1 Å². The molecule has 0 aliphatic rings. The van der Waals surface area contributed by atoms with Crippen molar-refractivity contribution in [2.24, 2.45) is 0 Å². The van der Waals surface area contributed by atoms with Crippen molar-refractivity contribution in [3.63, 3.8) is 0 Å². The van der Waals surface area contributed by atoms with E-state index in [1.54, 1.807) is 15.4 Å². The fourth-order valence-electron chi connectivity index (χ4n) is 3.17. The zero-order valence-electron chi connectivity index (χ0n) is 15.5. The molecule has 1 N–H and O–H groups in total. The highest BCUT2D eigenvalue weighted by molar-refractivity contribution is 7.15. The van der Waals surface area contributed by atoms with Crippen molar-refractivity contribution in [2.75, 3.05) is 5.32 Å². The maximum absolute atomic E-state index is 12.8. The monoisotopic (exact) mass is 400 g/mol. The molecule has 5 aromatic rings. The smallest absolute Gasteiger partial charge is 0.261 e. The summed E-state index contributed by atoms with van der Waals surface area (Å²) < 4.78 is 3.48. The molecule has 0 fully saturated rings. The summed E-state index contributed by atoms with van der Waals surface area (Å²) in [4.78, 5) is 17.9. The summed E-state index contributed by atoms with van der Waals surface area (Å²) in [6, 6.07) is 19.6. The van der Waals surface area contributed by atoms with Gasteiger partial charge in [-0.1, -0.05) is 48.5 Å². The van der Waals surface area contributed by atoms with Crippen molar-refractivity contribution >= 4 is 28.2 Å². The molecule has 0 spiro atoms. The Balaban J connectivity index is 1.42. The zero-order chi connectivity index (χ0) is 19.8. The number of carbonyl (C=O) groups is 1. The van der Waals surface area contributed by atoms with E-state index in [0.29, 0.717) is 5.56 Å². The second-order valence-corrected chi connectivity index (χ2v) is 7.30. The van der Waals surface area contributed by atoms with Gasteiger partial charge in [-0.15, -0.1) is 16.4 Å². The van der Waals surface area contributed by atoms with Crippen LogP contribution in [0.5, 0.6) is 0 Å². The van der Waals surface area contributed by atoms with Crippen LogP contribution >= 0.6 is 11.3 Å². The number of benzene rings is 2.